The third-order valence-electron chi connectivity index (χ3n) is 3.19. The van der Waals surface area contributed by atoms with Gasteiger partial charge in [-0.05, 0) is 44.5 Å². The van der Waals surface area contributed by atoms with Gasteiger partial charge in [0.2, 0.25) is 0 Å². The van der Waals surface area contributed by atoms with Crippen LogP contribution >= 0.6 is 0 Å². The fourth-order valence-corrected chi connectivity index (χ4v) is 1.93. The Kier molecular flexibility index (Phi) is 5.25. The molecule has 1 unspecified atom stereocenters. The molecule has 5 nitrogen and oxygen atoms in total. The van der Waals surface area contributed by atoms with Crippen molar-refractivity contribution in [3.05, 3.63) is 59.4 Å². The Morgan fingerprint density at radius 3 is 2.68 bits per heavy atom. The van der Waals surface area contributed by atoms with E-state index in [1.165, 1.54) is 6.21 Å². The normalized spacial score (nSPS) is 12.1. The number of hydrogen-bond donors (Lipinski definition) is 2. The Hall–Kier alpha value is -2.69. The monoisotopic (exact) mass is 296 g/mol. The van der Waals surface area contributed by atoms with Crippen LogP contribution in [0.4, 0.5) is 5.69 Å². The third kappa shape index (κ3) is 4.41. The SMILES string of the molecule is Cc1cccc(/C=N/NC(=O)C(C)Nc2ccccc2C)n1. The number of carbonyl (C=O) groups is 1. The number of rotatable bonds is 5. The fourth-order valence-electron chi connectivity index (χ4n) is 1.93. The van der Waals surface area contributed by atoms with Crippen LogP contribution in [0.1, 0.15) is 23.9 Å². The van der Waals surface area contributed by atoms with Gasteiger partial charge in [0.05, 0.1) is 11.9 Å². The van der Waals surface area contributed by atoms with Gasteiger partial charge >= 0.3 is 0 Å². The van der Waals surface area contributed by atoms with Crippen molar-refractivity contribution in [2.24, 2.45) is 5.10 Å². The largest absolute Gasteiger partial charge is 0.374 e. The first-order chi connectivity index (χ1) is 10.6. The molecule has 1 heterocycles. The van der Waals surface area contributed by atoms with Gasteiger partial charge in [-0.2, -0.15) is 5.10 Å². The highest BCUT2D eigenvalue weighted by Gasteiger charge is 2.12. The van der Waals surface area contributed by atoms with Crippen molar-refractivity contribution >= 4 is 17.8 Å². The first kappa shape index (κ1) is 15.7. The second-order valence-corrected chi connectivity index (χ2v) is 5.12. The Balaban J connectivity index is 1.90. The second kappa shape index (κ2) is 7.36. The zero-order chi connectivity index (χ0) is 15.9. The van der Waals surface area contributed by atoms with Crippen LogP contribution in [0.2, 0.25) is 0 Å². The molecule has 0 radical (unpaired) electrons. The molecule has 0 saturated carbocycles. The Labute approximate surface area is 130 Å². The number of nitrogens with one attached hydrogen (secondary N) is 2. The fraction of sp³-hybridized carbons (Fsp3) is 0.235. The second-order valence-electron chi connectivity index (χ2n) is 5.12. The summed E-state index contributed by atoms with van der Waals surface area (Å²) in [5.74, 6) is -0.202. The summed E-state index contributed by atoms with van der Waals surface area (Å²) in [6.45, 7) is 5.70. The molecule has 0 bridgehead atoms. The maximum Gasteiger partial charge on any atom is 0.262 e. The summed E-state index contributed by atoms with van der Waals surface area (Å²) in [5, 5.41) is 7.11. The molecule has 0 aliphatic carbocycles. The number of hydrogen-bond acceptors (Lipinski definition) is 4. The summed E-state index contributed by atoms with van der Waals surface area (Å²) in [6, 6.07) is 13.1. The molecule has 1 amide bonds. The zero-order valence-corrected chi connectivity index (χ0v) is 13.0. The quantitative estimate of drug-likeness (QED) is 0.658. The van der Waals surface area contributed by atoms with E-state index in [4.69, 9.17) is 0 Å². The molecule has 2 aromatic rings. The van der Waals surface area contributed by atoms with Crippen LogP contribution in [0.3, 0.4) is 0 Å². The number of anilines is 1. The van der Waals surface area contributed by atoms with Gasteiger partial charge in [0.1, 0.15) is 6.04 Å². The van der Waals surface area contributed by atoms with E-state index < -0.39 is 0 Å². The number of aromatic nitrogens is 1. The third-order valence-corrected chi connectivity index (χ3v) is 3.19. The van der Waals surface area contributed by atoms with Crippen LogP contribution in [-0.4, -0.2) is 23.1 Å². The Morgan fingerprint density at radius 1 is 1.18 bits per heavy atom. The average Bonchev–Trinajstić information content (AvgIpc) is 2.49. The van der Waals surface area contributed by atoms with Gasteiger partial charge in [0.15, 0.2) is 0 Å². The average molecular weight is 296 g/mol. The number of aryl methyl sites for hydroxylation is 2. The number of para-hydroxylation sites is 1. The number of carbonyl (C=O) groups excluding carboxylic acids is 1. The first-order valence-corrected chi connectivity index (χ1v) is 7.15. The van der Waals surface area contributed by atoms with E-state index in [0.717, 1.165) is 16.9 Å². The minimum atomic E-state index is -0.385. The molecule has 2 N–H and O–H groups in total. The van der Waals surface area contributed by atoms with Gasteiger partial charge in [-0.25, -0.2) is 5.43 Å². The van der Waals surface area contributed by atoms with E-state index in [9.17, 15) is 4.79 Å². The summed E-state index contributed by atoms with van der Waals surface area (Å²) in [4.78, 5) is 16.3. The molecular formula is C17H20N4O. The van der Waals surface area contributed by atoms with Crippen molar-refractivity contribution in [2.75, 3.05) is 5.32 Å². The molecule has 0 aliphatic rings. The van der Waals surface area contributed by atoms with Gasteiger partial charge in [-0.15, -0.1) is 0 Å². The van der Waals surface area contributed by atoms with Gasteiger partial charge < -0.3 is 5.32 Å². The molecule has 2 rings (SSSR count). The van der Waals surface area contributed by atoms with E-state index in [2.05, 4.69) is 20.8 Å². The van der Waals surface area contributed by atoms with Crippen LogP contribution < -0.4 is 10.7 Å². The molecule has 5 heteroatoms. The summed E-state index contributed by atoms with van der Waals surface area (Å²) < 4.78 is 0. The molecule has 1 aromatic carbocycles. The molecule has 1 aromatic heterocycles. The Bertz CT molecular complexity index is 682. The lowest BCUT2D eigenvalue weighted by molar-refractivity contribution is -0.121. The van der Waals surface area contributed by atoms with Crippen LogP contribution in [0.15, 0.2) is 47.6 Å². The number of nitrogens with zero attached hydrogens (tertiary/aromatic N) is 2. The van der Waals surface area contributed by atoms with E-state index in [-0.39, 0.29) is 11.9 Å². The van der Waals surface area contributed by atoms with Crippen molar-refractivity contribution in [2.45, 2.75) is 26.8 Å². The number of amides is 1. The smallest absolute Gasteiger partial charge is 0.262 e. The van der Waals surface area contributed by atoms with Crippen molar-refractivity contribution in [3.63, 3.8) is 0 Å². The highest BCUT2D eigenvalue weighted by Crippen LogP contribution is 2.14. The zero-order valence-electron chi connectivity index (χ0n) is 13.0. The summed E-state index contributed by atoms with van der Waals surface area (Å²) >= 11 is 0. The van der Waals surface area contributed by atoms with Crippen LogP contribution in [0.25, 0.3) is 0 Å². The van der Waals surface area contributed by atoms with Crippen LogP contribution in [-0.2, 0) is 4.79 Å². The highest BCUT2D eigenvalue weighted by atomic mass is 16.2. The topological polar surface area (TPSA) is 66.4 Å². The minimum Gasteiger partial charge on any atom is -0.374 e. The van der Waals surface area contributed by atoms with Gasteiger partial charge in [-0.3, -0.25) is 9.78 Å². The Morgan fingerprint density at radius 2 is 1.95 bits per heavy atom. The van der Waals surface area contributed by atoms with E-state index in [1.807, 2.05) is 56.3 Å². The number of benzene rings is 1. The van der Waals surface area contributed by atoms with E-state index >= 15 is 0 Å². The molecule has 1 atom stereocenters. The summed E-state index contributed by atoms with van der Waals surface area (Å²) in [7, 11) is 0. The maximum absolute atomic E-state index is 12.0. The molecule has 114 valence electrons. The molecule has 0 fully saturated rings. The maximum atomic E-state index is 12.0. The number of pyridine rings is 1. The van der Waals surface area contributed by atoms with Crippen molar-refractivity contribution in [1.29, 1.82) is 0 Å². The first-order valence-electron chi connectivity index (χ1n) is 7.15. The van der Waals surface area contributed by atoms with Gasteiger partial charge in [-0.1, -0.05) is 24.3 Å². The lowest BCUT2D eigenvalue weighted by Gasteiger charge is -2.15. The number of hydrazone groups is 1. The molecular weight excluding hydrogens is 276 g/mol. The lowest BCUT2D eigenvalue weighted by Crippen LogP contribution is -2.35. The molecule has 0 saturated heterocycles. The van der Waals surface area contributed by atoms with Crippen molar-refractivity contribution < 1.29 is 4.79 Å². The van der Waals surface area contributed by atoms with Crippen LogP contribution in [0, 0.1) is 13.8 Å². The predicted octanol–water partition coefficient (Wildman–Crippen LogP) is 2.65. The van der Waals surface area contributed by atoms with E-state index in [0.29, 0.717) is 5.69 Å². The molecule has 22 heavy (non-hydrogen) atoms. The van der Waals surface area contributed by atoms with Gasteiger partial charge in [0, 0.05) is 11.4 Å². The highest BCUT2D eigenvalue weighted by molar-refractivity contribution is 5.86. The standard InChI is InChI=1S/C17H20N4O/c1-12-7-4-5-10-16(12)20-14(3)17(22)21-18-11-15-9-6-8-13(2)19-15/h4-11,14,20H,1-3H3,(H,21,22)/b18-11+. The van der Waals surface area contributed by atoms with Crippen molar-refractivity contribution in [1.82, 2.24) is 10.4 Å². The van der Waals surface area contributed by atoms with E-state index in [1.54, 1.807) is 6.92 Å². The summed E-state index contributed by atoms with van der Waals surface area (Å²) in [5.41, 5.74) is 6.17. The van der Waals surface area contributed by atoms with Gasteiger partial charge in [0.25, 0.3) is 5.91 Å². The van der Waals surface area contributed by atoms with Crippen molar-refractivity contribution in [3.8, 4) is 0 Å². The van der Waals surface area contributed by atoms with Crippen LogP contribution in [0.5, 0.6) is 0 Å². The minimum absolute atomic E-state index is 0.202. The summed E-state index contributed by atoms with van der Waals surface area (Å²) in [6.07, 6.45) is 1.53. The predicted molar refractivity (Wildman–Crippen MR) is 89.0 cm³/mol. The molecule has 0 aliphatic heterocycles. The molecule has 0 spiro atoms. The lowest BCUT2D eigenvalue weighted by atomic mass is 10.2.